The van der Waals surface area contributed by atoms with Gasteiger partial charge in [-0.1, -0.05) is 18.2 Å². The number of carboxylic acids is 1. The van der Waals surface area contributed by atoms with Crippen LogP contribution in [0.1, 0.15) is 24.0 Å². The van der Waals surface area contributed by atoms with Gasteiger partial charge in [-0.25, -0.2) is 0 Å². The van der Waals surface area contributed by atoms with Gasteiger partial charge in [0, 0.05) is 18.5 Å². The highest BCUT2D eigenvalue weighted by Crippen LogP contribution is 2.23. The van der Waals surface area contributed by atoms with Crippen molar-refractivity contribution in [3.05, 3.63) is 29.3 Å². The first kappa shape index (κ1) is 15.0. The SMILES string of the molecule is COc1c(C)cccc1CC(=O)NCCCC(=O)O. The number of rotatable bonds is 7. The average molecular weight is 265 g/mol. The lowest BCUT2D eigenvalue weighted by Gasteiger charge is -2.11. The van der Waals surface area contributed by atoms with E-state index in [2.05, 4.69) is 5.32 Å². The fourth-order valence-corrected chi connectivity index (χ4v) is 1.85. The zero-order chi connectivity index (χ0) is 14.3. The summed E-state index contributed by atoms with van der Waals surface area (Å²) in [5.41, 5.74) is 1.82. The fourth-order valence-electron chi connectivity index (χ4n) is 1.85. The highest BCUT2D eigenvalue weighted by atomic mass is 16.5. The summed E-state index contributed by atoms with van der Waals surface area (Å²) in [6.45, 7) is 2.30. The molecule has 0 bridgehead atoms. The third-order valence-corrected chi connectivity index (χ3v) is 2.74. The molecule has 0 radical (unpaired) electrons. The van der Waals surface area contributed by atoms with Crippen LogP contribution in [-0.4, -0.2) is 30.6 Å². The molecule has 0 saturated carbocycles. The molecule has 0 unspecified atom stereocenters. The zero-order valence-corrected chi connectivity index (χ0v) is 11.2. The molecule has 0 atom stereocenters. The molecule has 5 nitrogen and oxygen atoms in total. The minimum Gasteiger partial charge on any atom is -0.496 e. The maximum atomic E-state index is 11.7. The lowest BCUT2D eigenvalue weighted by molar-refractivity contribution is -0.137. The smallest absolute Gasteiger partial charge is 0.303 e. The van der Waals surface area contributed by atoms with Gasteiger partial charge < -0.3 is 15.2 Å². The summed E-state index contributed by atoms with van der Waals surface area (Å²) >= 11 is 0. The normalized spacial score (nSPS) is 10.0. The summed E-state index contributed by atoms with van der Waals surface area (Å²) in [7, 11) is 1.58. The van der Waals surface area contributed by atoms with Crippen LogP contribution < -0.4 is 10.1 Å². The summed E-state index contributed by atoms with van der Waals surface area (Å²) in [6, 6.07) is 5.65. The molecule has 0 fully saturated rings. The van der Waals surface area contributed by atoms with E-state index in [0.29, 0.717) is 13.0 Å². The Kier molecular flexibility index (Phi) is 5.85. The summed E-state index contributed by atoms with van der Waals surface area (Å²) in [4.78, 5) is 22.0. The molecule has 0 aliphatic carbocycles. The van der Waals surface area contributed by atoms with Crippen molar-refractivity contribution < 1.29 is 19.4 Å². The van der Waals surface area contributed by atoms with Gasteiger partial charge in [-0.15, -0.1) is 0 Å². The van der Waals surface area contributed by atoms with Crippen LogP contribution >= 0.6 is 0 Å². The van der Waals surface area contributed by atoms with Crippen molar-refractivity contribution >= 4 is 11.9 Å². The van der Waals surface area contributed by atoms with Crippen LogP contribution in [0.25, 0.3) is 0 Å². The number of benzene rings is 1. The topological polar surface area (TPSA) is 75.6 Å². The van der Waals surface area contributed by atoms with Gasteiger partial charge in [0.25, 0.3) is 0 Å². The van der Waals surface area contributed by atoms with Crippen LogP contribution in [0.2, 0.25) is 0 Å². The van der Waals surface area contributed by atoms with Crippen molar-refractivity contribution in [2.24, 2.45) is 0 Å². The maximum absolute atomic E-state index is 11.7. The Bertz CT molecular complexity index is 457. The number of aryl methyl sites for hydroxylation is 1. The van der Waals surface area contributed by atoms with Gasteiger partial charge in [0.15, 0.2) is 0 Å². The Morgan fingerprint density at radius 2 is 2.11 bits per heavy atom. The Hall–Kier alpha value is -2.04. The first-order chi connectivity index (χ1) is 9.04. The number of amides is 1. The molecule has 1 rings (SSSR count). The van der Waals surface area contributed by atoms with Gasteiger partial charge in [0.1, 0.15) is 5.75 Å². The summed E-state index contributed by atoms with van der Waals surface area (Å²) in [5.74, 6) is -0.257. The number of carbonyl (C=O) groups is 2. The van der Waals surface area contributed by atoms with Crippen LogP contribution in [0.4, 0.5) is 0 Å². The summed E-state index contributed by atoms with van der Waals surface area (Å²) < 4.78 is 5.28. The quantitative estimate of drug-likeness (QED) is 0.733. The number of hydrogen-bond donors (Lipinski definition) is 2. The predicted molar refractivity (Wildman–Crippen MR) is 71.3 cm³/mol. The number of carboxylic acid groups (broad SMARTS) is 1. The first-order valence-electron chi connectivity index (χ1n) is 6.15. The molecule has 1 aromatic carbocycles. The Balaban J connectivity index is 2.48. The van der Waals surface area contributed by atoms with E-state index in [9.17, 15) is 9.59 Å². The van der Waals surface area contributed by atoms with Gasteiger partial charge in [-0.3, -0.25) is 9.59 Å². The summed E-state index contributed by atoms with van der Waals surface area (Å²) in [5, 5.41) is 11.2. The van der Waals surface area contributed by atoms with Crippen LogP contribution in [0.3, 0.4) is 0 Å². The van der Waals surface area contributed by atoms with E-state index in [1.165, 1.54) is 0 Å². The molecular weight excluding hydrogens is 246 g/mol. The largest absolute Gasteiger partial charge is 0.496 e. The highest BCUT2D eigenvalue weighted by molar-refractivity contribution is 5.79. The van der Waals surface area contributed by atoms with E-state index in [0.717, 1.165) is 16.9 Å². The number of hydrogen-bond acceptors (Lipinski definition) is 3. The second-order valence-corrected chi connectivity index (χ2v) is 4.29. The number of methoxy groups -OCH3 is 1. The number of ether oxygens (including phenoxy) is 1. The minimum absolute atomic E-state index is 0.0635. The Morgan fingerprint density at radius 3 is 2.74 bits per heavy atom. The van der Waals surface area contributed by atoms with E-state index >= 15 is 0 Å². The van der Waals surface area contributed by atoms with Gasteiger partial charge in [-0.05, 0) is 18.9 Å². The summed E-state index contributed by atoms with van der Waals surface area (Å²) in [6.07, 6.45) is 0.734. The number of nitrogens with one attached hydrogen (secondary N) is 1. The number of aliphatic carboxylic acids is 1. The predicted octanol–water partition coefficient (Wildman–Crippen LogP) is 1.53. The van der Waals surface area contributed by atoms with Crippen LogP contribution in [0.15, 0.2) is 18.2 Å². The lowest BCUT2D eigenvalue weighted by atomic mass is 10.1. The zero-order valence-electron chi connectivity index (χ0n) is 11.2. The average Bonchev–Trinajstić information content (AvgIpc) is 2.35. The maximum Gasteiger partial charge on any atom is 0.303 e. The van der Waals surface area contributed by atoms with Gasteiger partial charge >= 0.3 is 5.97 Å². The van der Waals surface area contributed by atoms with E-state index < -0.39 is 5.97 Å². The van der Waals surface area contributed by atoms with Gasteiger partial charge in [0.05, 0.1) is 13.5 Å². The molecule has 0 heterocycles. The van der Waals surface area contributed by atoms with Crippen molar-refractivity contribution in [3.8, 4) is 5.75 Å². The number of para-hydroxylation sites is 1. The molecule has 104 valence electrons. The molecule has 19 heavy (non-hydrogen) atoms. The molecule has 0 aromatic heterocycles. The van der Waals surface area contributed by atoms with Crippen molar-refractivity contribution in [2.75, 3.05) is 13.7 Å². The molecule has 1 amide bonds. The van der Waals surface area contributed by atoms with Crippen molar-refractivity contribution in [2.45, 2.75) is 26.2 Å². The minimum atomic E-state index is -0.852. The van der Waals surface area contributed by atoms with Crippen molar-refractivity contribution in [3.63, 3.8) is 0 Å². The third-order valence-electron chi connectivity index (χ3n) is 2.74. The molecule has 1 aromatic rings. The van der Waals surface area contributed by atoms with E-state index in [4.69, 9.17) is 9.84 Å². The fraction of sp³-hybridized carbons (Fsp3) is 0.429. The van der Waals surface area contributed by atoms with Crippen LogP contribution in [-0.2, 0) is 16.0 Å². The third kappa shape index (κ3) is 4.99. The van der Waals surface area contributed by atoms with Crippen molar-refractivity contribution in [1.29, 1.82) is 0 Å². The number of carbonyl (C=O) groups excluding carboxylic acids is 1. The van der Waals surface area contributed by atoms with Gasteiger partial charge in [-0.2, -0.15) is 0 Å². The molecule has 5 heteroatoms. The van der Waals surface area contributed by atoms with Gasteiger partial charge in [0.2, 0.25) is 5.91 Å². The van der Waals surface area contributed by atoms with Crippen LogP contribution in [0.5, 0.6) is 5.75 Å². The second kappa shape index (κ2) is 7.41. The molecule has 0 saturated heterocycles. The standard InChI is InChI=1S/C14H19NO4/c1-10-5-3-6-11(14(10)19-2)9-12(16)15-8-4-7-13(17)18/h3,5-6H,4,7-9H2,1-2H3,(H,15,16)(H,17,18). The Labute approximate surface area is 112 Å². The highest BCUT2D eigenvalue weighted by Gasteiger charge is 2.10. The molecule has 2 N–H and O–H groups in total. The molecule has 0 aliphatic rings. The van der Waals surface area contributed by atoms with Crippen molar-refractivity contribution in [1.82, 2.24) is 5.32 Å². The molecular formula is C14H19NO4. The second-order valence-electron chi connectivity index (χ2n) is 4.29. The van der Waals surface area contributed by atoms with E-state index in [-0.39, 0.29) is 18.7 Å². The van der Waals surface area contributed by atoms with E-state index in [1.807, 2.05) is 25.1 Å². The Morgan fingerprint density at radius 1 is 1.37 bits per heavy atom. The molecule has 0 aliphatic heterocycles. The lowest BCUT2D eigenvalue weighted by Crippen LogP contribution is -2.26. The first-order valence-corrected chi connectivity index (χ1v) is 6.15. The van der Waals surface area contributed by atoms with Crippen LogP contribution in [0, 0.1) is 6.92 Å². The monoisotopic (exact) mass is 265 g/mol. The van der Waals surface area contributed by atoms with E-state index in [1.54, 1.807) is 7.11 Å². The molecule has 0 spiro atoms.